The van der Waals surface area contributed by atoms with Crippen molar-refractivity contribution in [3.05, 3.63) is 29.8 Å². The van der Waals surface area contributed by atoms with Crippen LogP contribution in [0, 0.1) is 5.92 Å². The number of ether oxygens (including phenoxy) is 3. The molecule has 6 nitrogen and oxygen atoms in total. The molecule has 1 aromatic rings. The minimum atomic E-state index is 0.0467. The van der Waals surface area contributed by atoms with E-state index in [2.05, 4.69) is 10.2 Å². The molecule has 0 aromatic heterocycles. The third kappa shape index (κ3) is 5.17. The summed E-state index contributed by atoms with van der Waals surface area (Å²) >= 11 is 0. The number of carbonyl (C=O) groups excluding carboxylic acids is 1. The second kappa shape index (κ2) is 9.17. The maximum absolute atomic E-state index is 12.4. The number of carbonyl (C=O) groups is 1. The summed E-state index contributed by atoms with van der Waals surface area (Å²) in [5, 5.41) is 3.13. The topological polar surface area (TPSA) is 60.0 Å². The number of hydrogen-bond acceptors (Lipinski definition) is 5. The van der Waals surface area contributed by atoms with Crippen LogP contribution in [0.2, 0.25) is 0 Å². The molecule has 0 bridgehead atoms. The van der Waals surface area contributed by atoms with E-state index in [1.54, 1.807) is 7.11 Å². The van der Waals surface area contributed by atoms with E-state index < -0.39 is 0 Å². The highest BCUT2D eigenvalue weighted by Crippen LogP contribution is 2.22. The van der Waals surface area contributed by atoms with Crippen LogP contribution in [-0.2, 0) is 20.7 Å². The summed E-state index contributed by atoms with van der Waals surface area (Å²) in [6.45, 7) is 5.65. The maximum Gasteiger partial charge on any atom is 0.224 e. The van der Waals surface area contributed by atoms with Gasteiger partial charge in [0.1, 0.15) is 5.75 Å². The molecular weight excluding hydrogens is 320 g/mol. The number of hydrogen-bond donors (Lipinski definition) is 1. The summed E-state index contributed by atoms with van der Waals surface area (Å²) in [5.41, 5.74) is 0.962. The summed E-state index contributed by atoms with van der Waals surface area (Å²) in [5.74, 6) is 1.31. The van der Waals surface area contributed by atoms with E-state index in [1.165, 1.54) is 0 Å². The first kappa shape index (κ1) is 18.2. The lowest BCUT2D eigenvalue weighted by molar-refractivity contribution is -0.120. The molecule has 2 heterocycles. The highest BCUT2D eigenvalue weighted by atomic mass is 16.5. The monoisotopic (exact) mass is 348 g/mol. The van der Waals surface area contributed by atoms with Gasteiger partial charge in [-0.3, -0.25) is 9.69 Å². The smallest absolute Gasteiger partial charge is 0.224 e. The number of nitrogens with one attached hydrogen (secondary N) is 1. The number of methoxy groups -OCH3 is 1. The van der Waals surface area contributed by atoms with E-state index in [-0.39, 0.29) is 5.91 Å². The first-order chi connectivity index (χ1) is 12.3. The lowest BCUT2D eigenvalue weighted by Crippen LogP contribution is -2.52. The predicted molar refractivity (Wildman–Crippen MR) is 94.8 cm³/mol. The normalized spacial score (nSPS) is 22.5. The predicted octanol–water partition coefficient (Wildman–Crippen LogP) is 1.09. The van der Waals surface area contributed by atoms with Gasteiger partial charge in [0.15, 0.2) is 0 Å². The lowest BCUT2D eigenvalue weighted by atomic mass is 9.96. The van der Waals surface area contributed by atoms with Crippen LogP contribution >= 0.6 is 0 Å². The standard InChI is InChI=1S/C19H28N2O4/c1-23-17-4-2-3-15(11-17)12-19(22)20-13-18(16-5-8-25-14-16)21-6-9-24-10-7-21/h2-4,11,16,18H,5-10,12-14H2,1H3,(H,20,22)/t16-,18+/m1/s1. The maximum atomic E-state index is 12.4. The van der Waals surface area contributed by atoms with Crippen LogP contribution in [0.5, 0.6) is 5.75 Å². The van der Waals surface area contributed by atoms with E-state index in [1.807, 2.05) is 24.3 Å². The summed E-state index contributed by atoms with van der Waals surface area (Å²) in [7, 11) is 1.63. The highest BCUT2D eigenvalue weighted by Gasteiger charge is 2.31. The lowest BCUT2D eigenvalue weighted by Gasteiger charge is -2.37. The largest absolute Gasteiger partial charge is 0.497 e. The van der Waals surface area contributed by atoms with E-state index >= 15 is 0 Å². The van der Waals surface area contributed by atoms with Crippen LogP contribution < -0.4 is 10.1 Å². The second-order valence-electron chi connectivity index (χ2n) is 6.67. The SMILES string of the molecule is COc1cccc(CC(=O)NC[C@@H]([C@@H]2CCOC2)N2CCOCC2)c1. The quantitative estimate of drug-likeness (QED) is 0.799. The second-order valence-corrected chi connectivity index (χ2v) is 6.67. The van der Waals surface area contributed by atoms with Crippen molar-refractivity contribution < 1.29 is 19.0 Å². The van der Waals surface area contributed by atoms with Gasteiger partial charge in [-0.15, -0.1) is 0 Å². The van der Waals surface area contributed by atoms with Crippen LogP contribution in [0.15, 0.2) is 24.3 Å². The molecule has 138 valence electrons. The van der Waals surface area contributed by atoms with Crippen LogP contribution in [0.25, 0.3) is 0 Å². The van der Waals surface area contributed by atoms with Crippen molar-refractivity contribution >= 4 is 5.91 Å². The van der Waals surface area contributed by atoms with Crippen molar-refractivity contribution in [3.8, 4) is 5.75 Å². The molecule has 2 fully saturated rings. The molecule has 0 aliphatic carbocycles. The Labute approximate surface area is 149 Å². The fourth-order valence-corrected chi connectivity index (χ4v) is 3.61. The molecule has 2 atom stereocenters. The third-order valence-electron chi connectivity index (χ3n) is 5.03. The number of nitrogens with zero attached hydrogens (tertiary/aromatic N) is 1. The Balaban J connectivity index is 1.54. The Morgan fingerprint density at radius 1 is 1.32 bits per heavy atom. The van der Waals surface area contributed by atoms with Gasteiger partial charge >= 0.3 is 0 Å². The molecule has 2 aliphatic rings. The Bertz CT molecular complexity index is 554. The van der Waals surface area contributed by atoms with Gasteiger partial charge in [-0.05, 0) is 24.1 Å². The Morgan fingerprint density at radius 2 is 2.16 bits per heavy atom. The average Bonchev–Trinajstić information content (AvgIpc) is 3.17. The molecule has 2 saturated heterocycles. The molecule has 25 heavy (non-hydrogen) atoms. The molecule has 6 heteroatoms. The van der Waals surface area contributed by atoms with E-state index in [4.69, 9.17) is 14.2 Å². The minimum absolute atomic E-state index is 0.0467. The van der Waals surface area contributed by atoms with Gasteiger partial charge in [0.2, 0.25) is 5.91 Å². The van der Waals surface area contributed by atoms with Crippen LogP contribution in [0.3, 0.4) is 0 Å². The zero-order valence-electron chi connectivity index (χ0n) is 14.9. The first-order valence-corrected chi connectivity index (χ1v) is 9.05. The van der Waals surface area contributed by atoms with Crippen molar-refractivity contribution in [2.45, 2.75) is 18.9 Å². The average molecular weight is 348 g/mol. The molecule has 0 spiro atoms. The van der Waals surface area contributed by atoms with Crippen molar-refractivity contribution in [1.29, 1.82) is 0 Å². The summed E-state index contributed by atoms with van der Waals surface area (Å²) in [6, 6.07) is 7.97. The van der Waals surface area contributed by atoms with E-state index in [9.17, 15) is 4.79 Å². The van der Waals surface area contributed by atoms with Gasteiger partial charge in [-0.1, -0.05) is 12.1 Å². The van der Waals surface area contributed by atoms with Gasteiger partial charge in [-0.2, -0.15) is 0 Å². The molecule has 1 N–H and O–H groups in total. The number of benzene rings is 1. The Hall–Kier alpha value is -1.63. The summed E-state index contributed by atoms with van der Waals surface area (Å²) in [4.78, 5) is 14.8. The summed E-state index contributed by atoms with van der Waals surface area (Å²) in [6.07, 6.45) is 1.43. The zero-order valence-corrected chi connectivity index (χ0v) is 14.9. The fourth-order valence-electron chi connectivity index (χ4n) is 3.61. The number of morpholine rings is 1. The van der Waals surface area contributed by atoms with Crippen molar-refractivity contribution in [1.82, 2.24) is 10.2 Å². The fraction of sp³-hybridized carbons (Fsp3) is 0.632. The highest BCUT2D eigenvalue weighted by molar-refractivity contribution is 5.78. The molecule has 0 unspecified atom stereocenters. The van der Waals surface area contributed by atoms with Gasteiger partial charge in [0.05, 0.1) is 33.4 Å². The molecule has 2 aliphatic heterocycles. The molecule has 0 saturated carbocycles. The third-order valence-corrected chi connectivity index (χ3v) is 5.03. The van der Waals surface area contributed by atoms with Crippen LogP contribution in [-0.4, -0.2) is 70.0 Å². The van der Waals surface area contributed by atoms with Crippen LogP contribution in [0.1, 0.15) is 12.0 Å². The molecule has 0 radical (unpaired) electrons. The van der Waals surface area contributed by atoms with Gasteiger partial charge in [-0.25, -0.2) is 0 Å². The van der Waals surface area contributed by atoms with Crippen molar-refractivity contribution in [2.75, 3.05) is 53.2 Å². The van der Waals surface area contributed by atoms with Crippen molar-refractivity contribution in [2.24, 2.45) is 5.92 Å². The van der Waals surface area contributed by atoms with Gasteiger partial charge in [0.25, 0.3) is 0 Å². The number of amides is 1. The molecular formula is C19H28N2O4. The zero-order chi connectivity index (χ0) is 17.5. The first-order valence-electron chi connectivity index (χ1n) is 9.05. The van der Waals surface area contributed by atoms with Gasteiger partial charge in [0, 0.05) is 38.2 Å². The Kier molecular flexibility index (Phi) is 6.67. The Morgan fingerprint density at radius 3 is 2.88 bits per heavy atom. The molecule has 1 aromatic carbocycles. The summed E-state index contributed by atoms with van der Waals surface area (Å²) < 4.78 is 16.3. The number of rotatable bonds is 7. The molecule has 3 rings (SSSR count). The van der Waals surface area contributed by atoms with Crippen LogP contribution in [0.4, 0.5) is 0 Å². The van der Waals surface area contributed by atoms with E-state index in [0.717, 1.165) is 57.3 Å². The van der Waals surface area contributed by atoms with Gasteiger partial charge < -0.3 is 19.5 Å². The van der Waals surface area contributed by atoms with Crippen molar-refractivity contribution in [3.63, 3.8) is 0 Å². The van der Waals surface area contributed by atoms with E-state index in [0.29, 0.717) is 24.9 Å². The molecule has 1 amide bonds. The minimum Gasteiger partial charge on any atom is -0.497 e.